The van der Waals surface area contributed by atoms with E-state index in [9.17, 15) is 4.79 Å². The molecule has 0 aliphatic carbocycles. The van der Waals surface area contributed by atoms with Crippen LogP contribution in [0.2, 0.25) is 0 Å². The second-order valence-corrected chi connectivity index (χ2v) is 5.96. The van der Waals surface area contributed by atoms with E-state index in [0.717, 1.165) is 6.42 Å². The molecule has 0 heterocycles. The highest BCUT2D eigenvalue weighted by molar-refractivity contribution is 5.82. The van der Waals surface area contributed by atoms with E-state index >= 15 is 0 Å². The molecule has 0 aliphatic heterocycles. The third kappa shape index (κ3) is 14.9. The van der Waals surface area contributed by atoms with Gasteiger partial charge in [-0.3, -0.25) is 0 Å². The molecule has 0 atom stereocenters. The van der Waals surface area contributed by atoms with Gasteiger partial charge in [0.25, 0.3) is 0 Å². The van der Waals surface area contributed by atoms with Crippen molar-refractivity contribution in [2.75, 3.05) is 0 Å². The van der Waals surface area contributed by atoms with E-state index in [1.165, 1.54) is 51.0 Å². The standard InChI is InChI=1S/C17H30O2/c1-5-6-7-8-9-10-11-12-13-14-15-16(18)19-17(2,3)4/h13,15H,5-12H2,1-4H3. The molecule has 0 aromatic carbocycles. The van der Waals surface area contributed by atoms with E-state index in [1.807, 2.05) is 26.8 Å². The SMILES string of the molecule is CCCCCCCCCC=C=CC(=O)OC(C)(C)C. The Balaban J connectivity index is 3.54. The minimum atomic E-state index is -0.423. The number of rotatable bonds is 9. The van der Waals surface area contributed by atoms with Gasteiger partial charge in [-0.25, -0.2) is 4.79 Å². The van der Waals surface area contributed by atoms with Crippen LogP contribution in [0, 0.1) is 0 Å². The lowest BCUT2D eigenvalue weighted by atomic mass is 10.1. The summed E-state index contributed by atoms with van der Waals surface area (Å²) in [5, 5.41) is 0. The van der Waals surface area contributed by atoms with Crippen LogP contribution < -0.4 is 0 Å². The Morgan fingerprint density at radius 3 is 2.21 bits per heavy atom. The zero-order chi connectivity index (χ0) is 14.6. The summed E-state index contributed by atoms with van der Waals surface area (Å²) in [5.74, 6) is -0.316. The normalized spacial score (nSPS) is 10.7. The Hall–Kier alpha value is -1.01. The van der Waals surface area contributed by atoms with E-state index in [2.05, 4.69) is 12.7 Å². The third-order valence-electron chi connectivity index (χ3n) is 2.68. The van der Waals surface area contributed by atoms with Gasteiger partial charge in [-0.05, 0) is 39.7 Å². The van der Waals surface area contributed by atoms with Crippen LogP contribution in [0.3, 0.4) is 0 Å². The lowest BCUT2D eigenvalue weighted by molar-refractivity contribution is -0.148. The summed E-state index contributed by atoms with van der Waals surface area (Å²) >= 11 is 0. The highest BCUT2D eigenvalue weighted by Gasteiger charge is 2.13. The summed E-state index contributed by atoms with van der Waals surface area (Å²) in [6.45, 7) is 7.82. The Labute approximate surface area is 118 Å². The number of esters is 1. The quantitative estimate of drug-likeness (QED) is 0.249. The van der Waals surface area contributed by atoms with Crippen molar-refractivity contribution in [3.8, 4) is 0 Å². The van der Waals surface area contributed by atoms with Gasteiger partial charge in [0.2, 0.25) is 0 Å². The van der Waals surface area contributed by atoms with Gasteiger partial charge in [0.1, 0.15) is 5.60 Å². The number of hydrogen-bond donors (Lipinski definition) is 0. The Morgan fingerprint density at radius 1 is 1.05 bits per heavy atom. The van der Waals surface area contributed by atoms with Crippen molar-refractivity contribution in [2.45, 2.75) is 84.7 Å². The highest BCUT2D eigenvalue weighted by atomic mass is 16.6. The molecule has 0 unspecified atom stereocenters. The van der Waals surface area contributed by atoms with E-state index in [0.29, 0.717) is 0 Å². The van der Waals surface area contributed by atoms with Crippen molar-refractivity contribution >= 4 is 5.97 Å². The first-order chi connectivity index (χ1) is 8.95. The van der Waals surface area contributed by atoms with E-state index in [-0.39, 0.29) is 5.97 Å². The lowest BCUT2D eigenvalue weighted by Gasteiger charge is -2.17. The van der Waals surface area contributed by atoms with Crippen LogP contribution in [-0.2, 0) is 9.53 Å². The van der Waals surface area contributed by atoms with Crippen molar-refractivity contribution in [3.63, 3.8) is 0 Å². The molecule has 0 fully saturated rings. The summed E-state index contributed by atoms with van der Waals surface area (Å²) in [6.07, 6.45) is 13.5. The minimum absolute atomic E-state index is 0.316. The summed E-state index contributed by atoms with van der Waals surface area (Å²) in [4.78, 5) is 11.3. The molecule has 2 heteroatoms. The zero-order valence-electron chi connectivity index (χ0n) is 13.1. The fraction of sp³-hybridized carbons (Fsp3) is 0.765. The van der Waals surface area contributed by atoms with Crippen LogP contribution in [0.25, 0.3) is 0 Å². The lowest BCUT2D eigenvalue weighted by Crippen LogP contribution is -2.22. The third-order valence-corrected chi connectivity index (χ3v) is 2.68. The Kier molecular flexibility index (Phi) is 10.3. The molecular formula is C17H30O2. The summed E-state index contributed by atoms with van der Waals surface area (Å²) in [6, 6.07) is 0. The van der Waals surface area contributed by atoms with Crippen LogP contribution in [0.15, 0.2) is 17.9 Å². The molecule has 0 aromatic rings. The summed E-state index contributed by atoms with van der Waals surface area (Å²) in [5.41, 5.74) is 2.47. The largest absolute Gasteiger partial charge is 0.456 e. The van der Waals surface area contributed by atoms with Gasteiger partial charge >= 0.3 is 5.97 Å². The molecule has 2 nitrogen and oxygen atoms in total. The maximum absolute atomic E-state index is 11.3. The van der Waals surface area contributed by atoms with Crippen LogP contribution in [0.5, 0.6) is 0 Å². The van der Waals surface area contributed by atoms with Gasteiger partial charge in [0, 0.05) is 0 Å². The number of hydrogen-bond acceptors (Lipinski definition) is 2. The summed E-state index contributed by atoms with van der Waals surface area (Å²) in [7, 11) is 0. The monoisotopic (exact) mass is 266 g/mol. The molecule has 19 heavy (non-hydrogen) atoms. The van der Waals surface area contributed by atoms with Crippen molar-refractivity contribution in [1.82, 2.24) is 0 Å². The molecule has 0 N–H and O–H groups in total. The predicted octanol–water partition coefficient (Wildman–Crippen LogP) is 5.18. The molecular weight excluding hydrogens is 236 g/mol. The second kappa shape index (κ2) is 10.9. The van der Waals surface area contributed by atoms with E-state index in [1.54, 1.807) is 0 Å². The fourth-order valence-corrected chi connectivity index (χ4v) is 1.75. The summed E-state index contributed by atoms with van der Waals surface area (Å²) < 4.78 is 5.14. The minimum Gasteiger partial charge on any atom is -0.456 e. The fourth-order valence-electron chi connectivity index (χ4n) is 1.75. The first-order valence-electron chi connectivity index (χ1n) is 7.59. The van der Waals surface area contributed by atoms with Crippen LogP contribution in [0.1, 0.15) is 79.1 Å². The van der Waals surface area contributed by atoms with Gasteiger partial charge < -0.3 is 4.74 Å². The molecule has 0 spiro atoms. The molecule has 0 aliphatic rings. The van der Waals surface area contributed by atoms with E-state index < -0.39 is 5.60 Å². The number of ether oxygens (including phenoxy) is 1. The van der Waals surface area contributed by atoms with Crippen molar-refractivity contribution < 1.29 is 9.53 Å². The van der Waals surface area contributed by atoms with Gasteiger partial charge in [-0.1, -0.05) is 45.4 Å². The zero-order valence-corrected chi connectivity index (χ0v) is 13.1. The number of carbonyl (C=O) groups is 1. The topological polar surface area (TPSA) is 26.3 Å². The molecule has 0 aromatic heterocycles. The van der Waals surface area contributed by atoms with Crippen molar-refractivity contribution in [2.24, 2.45) is 0 Å². The molecule has 0 saturated heterocycles. The Bertz CT molecular complexity index is 291. The average Bonchev–Trinajstić information content (AvgIpc) is 2.29. The first kappa shape index (κ1) is 18.0. The van der Waals surface area contributed by atoms with Crippen LogP contribution in [0.4, 0.5) is 0 Å². The van der Waals surface area contributed by atoms with Gasteiger partial charge in [-0.2, -0.15) is 0 Å². The van der Waals surface area contributed by atoms with Gasteiger partial charge in [0.05, 0.1) is 6.08 Å². The molecule has 0 rings (SSSR count). The molecule has 0 bridgehead atoms. The van der Waals surface area contributed by atoms with Gasteiger partial charge in [-0.15, -0.1) is 5.73 Å². The smallest absolute Gasteiger partial charge is 0.339 e. The second-order valence-electron chi connectivity index (χ2n) is 5.96. The van der Waals surface area contributed by atoms with Gasteiger partial charge in [0.15, 0.2) is 0 Å². The Morgan fingerprint density at radius 2 is 1.63 bits per heavy atom. The average molecular weight is 266 g/mol. The molecule has 0 saturated carbocycles. The molecule has 0 amide bonds. The van der Waals surface area contributed by atoms with Crippen molar-refractivity contribution in [3.05, 3.63) is 17.9 Å². The van der Waals surface area contributed by atoms with Crippen LogP contribution in [-0.4, -0.2) is 11.6 Å². The molecule has 0 radical (unpaired) electrons. The predicted molar refractivity (Wildman–Crippen MR) is 81.1 cm³/mol. The first-order valence-corrected chi connectivity index (χ1v) is 7.59. The number of unbranched alkanes of at least 4 members (excludes halogenated alkanes) is 7. The highest BCUT2D eigenvalue weighted by Crippen LogP contribution is 2.09. The number of carbonyl (C=O) groups excluding carboxylic acids is 1. The maximum Gasteiger partial charge on any atom is 0.339 e. The van der Waals surface area contributed by atoms with Crippen molar-refractivity contribution in [1.29, 1.82) is 0 Å². The molecule has 110 valence electrons. The maximum atomic E-state index is 11.3. The van der Waals surface area contributed by atoms with Crippen LogP contribution >= 0.6 is 0 Å². The van der Waals surface area contributed by atoms with E-state index in [4.69, 9.17) is 4.74 Å².